The van der Waals surface area contributed by atoms with Gasteiger partial charge in [-0.15, -0.1) is 0 Å². The Bertz CT molecular complexity index is 517. The van der Waals surface area contributed by atoms with Crippen LogP contribution in [0, 0.1) is 0 Å². The molecule has 1 aromatic carbocycles. The highest BCUT2D eigenvalue weighted by Crippen LogP contribution is 2.25. The summed E-state index contributed by atoms with van der Waals surface area (Å²) in [5, 5.41) is 18.9. The minimum absolute atomic E-state index is 0.00551. The van der Waals surface area contributed by atoms with E-state index in [0.717, 1.165) is 6.07 Å². The highest BCUT2D eigenvalue weighted by molar-refractivity contribution is 5.99. The van der Waals surface area contributed by atoms with Crippen LogP contribution in [-0.2, 0) is 9.53 Å². The van der Waals surface area contributed by atoms with Crippen molar-refractivity contribution in [2.75, 3.05) is 19.8 Å². The number of aromatic hydroxyl groups is 2. The Hall–Kier alpha value is -2.28. The van der Waals surface area contributed by atoms with Gasteiger partial charge in [-0.3, -0.25) is 9.59 Å². The lowest BCUT2D eigenvalue weighted by molar-refractivity contribution is -0.127. The molecule has 0 bridgehead atoms. The molecule has 4 N–H and O–H groups in total. The fourth-order valence-electron chi connectivity index (χ4n) is 1.94. The third-order valence-corrected chi connectivity index (χ3v) is 2.93. The summed E-state index contributed by atoms with van der Waals surface area (Å²) in [5.74, 6) is -1.68. The monoisotopic (exact) mass is 266 g/mol. The first-order chi connectivity index (χ1) is 9.00. The van der Waals surface area contributed by atoms with E-state index in [-0.39, 0.29) is 30.2 Å². The van der Waals surface area contributed by atoms with Gasteiger partial charge in [-0.05, 0) is 12.1 Å². The highest BCUT2D eigenvalue weighted by Gasteiger charge is 2.32. The molecule has 0 aliphatic carbocycles. The van der Waals surface area contributed by atoms with Crippen LogP contribution < -0.4 is 5.73 Å². The van der Waals surface area contributed by atoms with Gasteiger partial charge < -0.3 is 25.6 Å². The van der Waals surface area contributed by atoms with Crippen molar-refractivity contribution < 1.29 is 24.5 Å². The normalized spacial score (nSPS) is 19.2. The van der Waals surface area contributed by atoms with Crippen molar-refractivity contribution >= 4 is 11.8 Å². The molecule has 1 saturated heterocycles. The first-order valence-electron chi connectivity index (χ1n) is 5.70. The van der Waals surface area contributed by atoms with Crippen LogP contribution in [0.25, 0.3) is 0 Å². The number of nitrogens with two attached hydrogens (primary N) is 1. The largest absolute Gasteiger partial charge is 0.508 e. The average molecular weight is 266 g/mol. The van der Waals surface area contributed by atoms with Crippen molar-refractivity contribution in [1.82, 2.24) is 4.90 Å². The Morgan fingerprint density at radius 1 is 1.37 bits per heavy atom. The van der Waals surface area contributed by atoms with Crippen LogP contribution in [0.3, 0.4) is 0 Å². The Morgan fingerprint density at radius 2 is 2.11 bits per heavy atom. The van der Waals surface area contributed by atoms with E-state index >= 15 is 0 Å². The average Bonchev–Trinajstić information content (AvgIpc) is 2.38. The number of phenols is 2. The van der Waals surface area contributed by atoms with Gasteiger partial charge in [0.2, 0.25) is 5.91 Å². The molecular weight excluding hydrogens is 252 g/mol. The molecule has 0 saturated carbocycles. The summed E-state index contributed by atoms with van der Waals surface area (Å²) in [6.07, 6.45) is 0. The third-order valence-electron chi connectivity index (χ3n) is 2.93. The van der Waals surface area contributed by atoms with Crippen molar-refractivity contribution in [1.29, 1.82) is 0 Å². The molecular formula is C12H14N2O5. The zero-order chi connectivity index (χ0) is 14.0. The van der Waals surface area contributed by atoms with Gasteiger partial charge >= 0.3 is 0 Å². The quantitative estimate of drug-likeness (QED) is 0.663. The van der Waals surface area contributed by atoms with Crippen LogP contribution in [0.5, 0.6) is 11.5 Å². The zero-order valence-electron chi connectivity index (χ0n) is 10.1. The topological polar surface area (TPSA) is 113 Å². The number of amides is 2. The van der Waals surface area contributed by atoms with E-state index in [1.165, 1.54) is 17.0 Å². The van der Waals surface area contributed by atoms with E-state index in [4.69, 9.17) is 10.5 Å². The van der Waals surface area contributed by atoms with E-state index in [1.54, 1.807) is 0 Å². The van der Waals surface area contributed by atoms with Gasteiger partial charge in [0.15, 0.2) is 0 Å². The molecule has 2 amide bonds. The summed E-state index contributed by atoms with van der Waals surface area (Å²) in [4.78, 5) is 24.8. The summed E-state index contributed by atoms with van der Waals surface area (Å²) >= 11 is 0. The highest BCUT2D eigenvalue weighted by atomic mass is 16.5. The predicted molar refractivity (Wildman–Crippen MR) is 64.6 cm³/mol. The molecule has 19 heavy (non-hydrogen) atoms. The molecule has 1 aliphatic rings. The fourth-order valence-corrected chi connectivity index (χ4v) is 1.94. The Labute approximate surface area is 109 Å². The lowest BCUT2D eigenvalue weighted by Crippen LogP contribution is -2.54. The minimum Gasteiger partial charge on any atom is -0.508 e. The molecule has 1 aromatic rings. The Morgan fingerprint density at radius 3 is 2.74 bits per heavy atom. The smallest absolute Gasteiger partial charge is 0.258 e. The van der Waals surface area contributed by atoms with Gasteiger partial charge in [-0.2, -0.15) is 0 Å². The standard InChI is InChI=1S/C12H14N2O5/c13-11(17)9-6-19-4-3-14(9)12(18)8-2-1-7(15)5-10(8)16/h1-2,5,9,15-16H,3-4,6H2,(H2,13,17). The number of carbonyl (C=O) groups excluding carboxylic acids is 2. The van der Waals surface area contributed by atoms with E-state index < -0.39 is 17.9 Å². The summed E-state index contributed by atoms with van der Waals surface area (Å²) in [6, 6.07) is 2.79. The van der Waals surface area contributed by atoms with Gasteiger partial charge in [-0.1, -0.05) is 0 Å². The molecule has 102 valence electrons. The zero-order valence-corrected chi connectivity index (χ0v) is 10.1. The van der Waals surface area contributed by atoms with Crippen LogP contribution in [0.15, 0.2) is 18.2 Å². The second-order valence-electron chi connectivity index (χ2n) is 4.19. The molecule has 2 rings (SSSR count). The Kier molecular flexibility index (Phi) is 3.57. The number of hydrogen-bond acceptors (Lipinski definition) is 5. The van der Waals surface area contributed by atoms with Gasteiger partial charge in [0.25, 0.3) is 5.91 Å². The van der Waals surface area contributed by atoms with Gasteiger partial charge in [0.1, 0.15) is 17.5 Å². The first-order valence-corrected chi connectivity index (χ1v) is 5.70. The third kappa shape index (κ3) is 2.60. The van der Waals surface area contributed by atoms with Crippen LogP contribution in [0.2, 0.25) is 0 Å². The van der Waals surface area contributed by atoms with Gasteiger partial charge in [0.05, 0.1) is 18.8 Å². The maximum atomic E-state index is 12.3. The number of phenolic OH excluding ortho intramolecular Hbond substituents is 2. The van der Waals surface area contributed by atoms with Crippen molar-refractivity contribution in [3.8, 4) is 11.5 Å². The number of benzene rings is 1. The molecule has 0 aromatic heterocycles. The lowest BCUT2D eigenvalue weighted by atomic mass is 10.1. The van der Waals surface area contributed by atoms with Crippen molar-refractivity contribution in [2.45, 2.75) is 6.04 Å². The second kappa shape index (κ2) is 5.15. The van der Waals surface area contributed by atoms with Gasteiger partial charge in [-0.25, -0.2) is 0 Å². The SMILES string of the molecule is NC(=O)C1COCCN1C(=O)c1ccc(O)cc1O. The van der Waals surface area contributed by atoms with E-state index in [2.05, 4.69) is 0 Å². The van der Waals surface area contributed by atoms with E-state index in [1.807, 2.05) is 0 Å². The number of nitrogens with zero attached hydrogens (tertiary/aromatic N) is 1. The molecule has 1 atom stereocenters. The molecule has 7 heteroatoms. The van der Waals surface area contributed by atoms with E-state index in [0.29, 0.717) is 6.61 Å². The fraction of sp³-hybridized carbons (Fsp3) is 0.333. The maximum Gasteiger partial charge on any atom is 0.258 e. The summed E-state index contributed by atoms with van der Waals surface area (Å²) in [7, 11) is 0. The number of primary amides is 1. The second-order valence-corrected chi connectivity index (χ2v) is 4.19. The number of ether oxygens (including phenoxy) is 1. The molecule has 0 radical (unpaired) electrons. The number of morpholine rings is 1. The van der Waals surface area contributed by atoms with Crippen LogP contribution in [0.4, 0.5) is 0 Å². The van der Waals surface area contributed by atoms with Crippen LogP contribution >= 0.6 is 0 Å². The molecule has 1 aliphatic heterocycles. The first kappa shape index (κ1) is 13.2. The maximum absolute atomic E-state index is 12.3. The molecule has 0 spiro atoms. The van der Waals surface area contributed by atoms with Crippen LogP contribution in [-0.4, -0.2) is 52.7 Å². The molecule has 7 nitrogen and oxygen atoms in total. The van der Waals surface area contributed by atoms with Crippen molar-refractivity contribution in [3.63, 3.8) is 0 Å². The molecule has 1 fully saturated rings. The predicted octanol–water partition coefficient (Wildman–Crippen LogP) is -0.576. The number of carbonyl (C=O) groups is 2. The summed E-state index contributed by atoms with van der Waals surface area (Å²) in [5.41, 5.74) is 5.23. The Balaban J connectivity index is 2.28. The minimum atomic E-state index is -0.852. The van der Waals surface area contributed by atoms with E-state index in [9.17, 15) is 19.8 Å². The molecule has 1 heterocycles. The molecule has 1 unspecified atom stereocenters. The summed E-state index contributed by atoms with van der Waals surface area (Å²) in [6.45, 7) is 0.557. The van der Waals surface area contributed by atoms with Crippen LogP contribution in [0.1, 0.15) is 10.4 Å². The number of rotatable bonds is 2. The van der Waals surface area contributed by atoms with Crippen molar-refractivity contribution in [3.05, 3.63) is 23.8 Å². The summed E-state index contributed by atoms with van der Waals surface area (Å²) < 4.78 is 5.11. The van der Waals surface area contributed by atoms with Crippen molar-refractivity contribution in [2.24, 2.45) is 5.73 Å². The number of hydrogen-bond donors (Lipinski definition) is 3. The lowest BCUT2D eigenvalue weighted by Gasteiger charge is -2.33. The van der Waals surface area contributed by atoms with Gasteiger partial charge in [0, 0.05) is 12.6 Å².